The maximum Gasteiger partial charge on any atom is 0.272 e. The lowest BCUT2D eigenvalue weighted by Crippen LogP contribution is -2.21. The molecular formula is C26H28N4O3. The van der Waals surface area contributed by atoms with Gasteiger partial charge in [-0.25, -0.2) is 9.50 Å². The molecule has 170 valence electrons. The molecule has 0 spiro atoms. The molecule has 2 aromatic heterocycles. The lowest BCUT2D eigenvalue weighted by molar-refractivity contribution is 0.326. The molecule has 1 aliphatic rings. The van der Waals surface area contributed by atoms with Crippen molar-refractivity contribution in [3.05, 3.63) is 81.9 Å². The van der Waals surface area contributed by atoms with Crippen molar-refractivity contribution in [2.45, 2.75) is 25.8 Å². The number of aromatic nitrogens is 3. The van der Waals surface area contributed by atoms with E-state index in [1.54, 1.807) is 20.3 Å². The quantitative estimate of drug-likeness (QED) is 0.487. The molecule has 5 rings (SSSR count). The molecule has 3 heterocycles. The molecule has 0 aliphatic carbocycles. The van der Waals surface area contributed by atoms with E-state index >= 15 is 0 Å². The molecule has 1 N–H and O–H groups in total. The van der Waals surface area contributed by atoms with Crippen LogP contribution in [0.5, 0.6) is 11.5 Å². The smallest absolute Gasteiger partial charge is 0.272 e. The Bertz CT molecular complexity index is 1340. The number of likely N-dealkylation sites (tertiary alicyclic amines) is 1. The van der Waals surface area contributed by atoms with Crippen molar-refractivity contribution in [1.29, 1.82) is 0 Å². The van der Waals surface area contributed by atoms with Gasteiger partial charge in [-0.15, -0.1) is 0 Å². The van der Waals surface area contributed by atoms with Crippen molar-refractivity contribution in [2.75, 3.05) is 27.3 Å². The Morgan fingerprint density at radius 1 is 1.06 bits per heavy atom. The standard InChI is InChI=1S/C26H28N4O3/c1-17-25(19-9-10-22(32-2)23(13-19)33-3)26-27-21(14-24(31)30(26)28-17)20-11-12-29(16-20)15-18-7-5-4-6-8-18/h4-10,13-14,20,28H,11-12,15-16H2,1-3H3/t20-/m0/s1. The number of rotatable bonds is 6. The number of H-pyrrole nitrogens is 1. The highest BCUT2D eigenvalue weighted by Gasteiger charge is 2.27. The topological polar surface area (TPSA) is 71.9 Å². The Morgan fingerprint density at radius 3 is 2.61 bits per heavy atom. The van der Waals surface area contributed by atoms with Crippen LogP contribution in [-0.2, 0) is 6.54 Å². The molecule has 0 bridgehead atoms. The number of nitrogens with one attached hydrogen (secondary N) is 1. The van der Waals surface area contributed by atoms with Gasteiger partial charge in [-0.05, 0) is 43.1 Å². The van der Waals surface area contributed by atoms with Crippen molar-refractivity contribution >= 4 is 5.65 Å². The molecule has 1 saturated heterocycles. The van der Waals surface area contributed by atoms with Crippen LogP contribution in [0.2, 0.25) is 0 Å². The van der Waals surface area contributed by atoms with Gasteiger partial charge in [0.05, 0.1) is 19.9 Å². The summed E-state index contributed by atoms with van der Waals surface area (Å²) in [6.45, 7) is 4.76. The fourth-order valence-electron chi connectivity index (χ4n) is 4.77. The molecular weight excluding hydrogens is 416 g/mol. The second kappa shape index (κ2) is 8.75. The Labute approximate surface area is 192 Å². The molecule has 0 unspecified atom stereocenters. The van der Waals surface area contributed by atoms with Crippen LogP contribution < -0.4 is 15.0 Å². The largest absolute Gasteiger partial charge is 0.493 e. The van der Waals surface area contributed by atoms with Crippen LogP contribution in [0.1, 0.15) is 29.3 Å². The fourth-order valence-corrected chi connectivity index (χ4v) is 4.77. The number of hydrogen-bond acceptors (Lipinski definition) is 5. The average molecular weight is 445 g/mol. The average Bonchev–Trinajstić information content (AvgIpc) is 3.43. The first-order valence-corrected chi connectivity index (χ1v) is 11.2. The molecule has 0 amide bonds. The van der Waals surface area contributed by atoms with Crippen LogP contribution in [0.25, 0.3) is 16.8 Å². The highest BCUT2D eigenvalue weighted by molar-refractivity contribution is 5.81. The molecule has 1 fully saturated rings. The number of aryl methyl sites for hydroxylation is 1. The Hall–Kier alpha value is -3.58. The maximum atomic E-state index is 13.0. The third-order valence-corrected chi connectivity index (χ3v) is 6.43. The number of hydrogen-bond donors (Lipinski definition) is 1. The van der Waals surface area contributed by atoms with E-state index in [0.29, 0.717) is 17.1 Å². The summed E-state index contributed by atoms with van der Waals surface area (Å²) in [6, 6.07) is 17.9. The van der Waals surface area contributed by atoms with Crippen molar-refractivity contribution in [3.63, 3.8) is 0 Å². The van der Waals surface area contributed by atoms with Gasteiger partial charge in [0.15, 0.2) is 17.1 Å². The minimum Gasteiger partial charge on any atom is -0.493 e. The van der Waals surface area contributed by atoms with Gasteiger partial charge in [-0.3, -0.25) is 14.8 Å². The van der Waals surface area contributed by atoms with Crippen LogP contribution in [0.15, 0.2) is 59.4 Å². The van der Waals surface area contributed by atoms with Gasteiger partial charge in [0.25, 0.3) is 5.56 Å². The van der Waals surface area contributed by atoms with E-state index in [9.17, 15) is 4.79 Å². The zero-order chi connectivity index (χ0) is 22.9. The van der Waals surface area contributed by atoms with Crippen molar-refractivity contribution < 1.29 is 9.47 Å². The number of nitrogens with zero attached hydrogens (tertiary/aromatic N) is 3. The molecule has 33 heavy (non-hydrogen) atoms. The second-order valence-corrected chi connectivity index (χ2v) is 8.57. The lowest BCUT2D eigenvalue weighted by atomic mass is 10.0. The second-order valence-electron chi connectivity index (χ2n) is 8.57. The molecule has 1 atom stereocenters. The van der Waals surface area contributed by atoms with E-state index in [0.717, 1.165) is 48.6 Å². The Balaban J connectivity index is 1.49. The zero-order valence-electron chi connectivity index (χ0n) is 19.2. The summed E-state index contributed by atoms with van der Waals surface area (Å²) >= 11 is 0. The lowest BCUT2D eigenvalue weighted by Gasteiger charge is -2.16. The monoisotopic (exact) mass is 444 g/mol. The van der Waals surface area contributed by atoms with Gasteiger partial charge < -0.3 is 9.47 Å². The van der Waals surface area contributed by atoms with Crippen LogP contribution in [0, 0.1) is 6.92 Å². The van der Waals surface area contributed by atoms with Crippen molar-refractivity contribution in [2.24, 2.45) is 0 Å². The first-order chi connectivity index (χ1) is 16.1. The molecule has 0 saturated carbocycles. The first kappa shape index (κ1) is 21.3. The summed E-state index contributed by atoms with van der Waals surface area (Å²) in [7, 11) is 3.23. The Morgan fingerprint density at radius 2 is 1.85 bits per heavy atom. The van der Waals surface area contributed by atoms with Gasteiger partial charge in [0.1, 0.15) is 0 Å². The predicted octanol–water partition coefficient (Wildman–Crippen LogP) is 4.00. The highest BCUT2D eigenvalue weighted by atomic mass is 16.5. The number of aromatic amines is 1. The predicted molar refractivity (Wildman–Crippen MR) is 128 cm³/mol. The molecule has 4 aromatic rings. The molecule has 7 heteroatoms. The van der Waals surface area contributed by atoms with E-state index in [1.165, 1.54) is 10.1 Å². The van der Waals surface area contributed by atoms with Crippen LogP contribution in [0.3, 0.4) is 0 Å². The molecule has 1 aliphatic heterocycles. The van der Waals surface area contributed by atoms with Gasteiger partial charge in [-0.2, -0.15) is 0 Å². The third kappa shape index (κ3) is 4.00. The van der Waals surface area contributed by atoms with E-state index in [4.69, 9.17) is 14.5 Å². The minimum absolute atomic E-state index is 0.0914. The number of benzene rings is 2. The van der Waals surface area contributed by atoms with Crippen LogP contribution in [0.4, 0.5) is 0 Å². The van der Waals surface area contributed by atoms with Gasteiger partial charge in [0, 0.05) is 36.3 Å². The summed E-state index contributed by atoms with van der Waals surface area (Å²) in [5.74, 6) is 1.54. The summed E-state index contributed by atoms with van der Waals surface area (Å²) in [5.41, 5.74) is 5.41. The number of ether oxygens (including phenoxy) is 2. The fraction of sp³-hybridized carbons (Fsp3) is 0.308. The van der Waals surface area contributed by atoms with Crippen LogP contribution in [-0.4, -0.2) is 46.8 Å². The summed E-state index contributed by atoms with van der Waals surface area (Å²) in [6.07, 6.45) is 0.991. The van der Waals surface area contributed by atoms with E-state index in [2.05, 4.69) is 34.3 Å². The summed E-state index contributed by atoms with van der Waals surface area (Å²) in [5, 5.41) is 3.18. The SMILES string of the molecule is COc1ccc(-c2c(C)[nH]n3c(=O)cc([C@H]4CCN(Cc5ccccc5)C4)nc23)cc1OC. The minimum atomic E-state index is -0.0914. The maximum absolute atomic E-state index is 13.0. The zero-order valence-corrected chi connectivity index (χ0v) is 19.2. The third-order valence-electron chi connectivity index (χ3n) is 6.43. The van der Waals surface area contributed by atoms with E-state index in [-0.39, 0.29) is 11.5 Å². The molecule has 7 nitrogen and oxygen atoms in total. The normalized spacial score (nSPS) is 16.4. The first-order valence-electron chi connectivity index (χ1n) is 11.2. The van der Waals surface area contributed by atoms with Crippen LogP contribution >= 0.6 is 0 Å². The van der Waals surface area contributed by atoms with Crippen molar-refractivity contribution in [1.82, 2.24) is 19.5 Å². The van der Waals surface area contributed by atoms with Gasteiger partial charge in [-0.1, -0.05) is 36.4 Å². The summed E-state index contributed by atoms with van der Waals surface area (Å²) < 4.78 is 12.4. The van der Waals surface area contributed by atoms with Crippen molar-refractivity contribution in [3.8, 4) is 22.6 Å². The van der Waals surface area contributed by atoms with E-state index in [1.807, 2.05) is 31.2 Å². The highest BCUT2D eigenvalue weighted by Crippen LogP contribution is 2.35. The summed E-state index contributed by atoms with van der Waals surface area (Å²) in [4.78, 5) is 20.4. The van der Waals surface area contributed by atoms with Gasteiger partial charge in [0.2, 0.25) is 0 Å². The number of fused-ring (bicyclic) bond motifs is 1. The van der Waals surface area contributed by atoms with Gasteiger partial charge >= 0.3 is 0 Å². The molecule has 2 aromatic carbocycles. The molecule has 0 radical (unpaired) electrons. The number of methoxy groups -OCH3 is 2. The van der Waals surface area contributed by atoms with E-state index < -0.39 is 0 Å². The Kier molecular flexibility index (Phi) is 5.64.